The molecule has 0 N–H and O–H groups in total. The molecular weight excluding hydrogens is 190 g/mol. The van der Waals surface area contributed by atoms with Gasteiger partial charge in [0.2, 0.25) is 5.82 Å². The van der Waals surface area contributed by atoms with E-state index in [0.29, 0.717) is 0 Å². The lowest BCUT2D eigenvalue weighted by Crippen LogP contribution is -1.90. The molecule has 0 bridgehead atoms. The maximum Gasteiger partial charge on any atom is 0.314 e. The molecule has 0 aromatic carbocycles. The molecule has 0 aliphatic rings. The van der Waals surface area contributed by atoms with Gasteiger partial charge in [0.15, 0.2) is 0 Å². The summed E-state index contributed by atoms with van der Waals surface area (Å²) in [7, 11) is -0.235. The molecule has 0 aliphatic carbocycles. The summed E-state index contributed by atoms with van der Waals surface area (Å²) in [6, 6.07) is 2.93. The lowest BCUT2D eigenvalue weighted by molar-refractivity contribution is -0.384. The SMILES string of the molecule is CS(C)=Nc1ncccc1[N+](=O)[O-]. The van der Waals surface area contributed by atoms with Gasteiger partial charge in [0.05, 0.1) is 4.92 Å². The maximum atomic E-state index is 10.5. The second kappa shape index (κ2) is 4.08. The van der Waals surface area contributed by atoms with Crippen LogP contribution in [-0.2, 0) is 10.7 Å². The molecule has 1 rings (SSSR count). The molecule has 1 heterocycles. The van der Waals surface area contributed by atoms with Gasteiger partial charge in [0.1, 0.15) is 0 Å². The van der Waals surface area contributed by atoms with E-state index in [9.17, 15) is 10.1 Å². The molecule has 1 aromatic heterocycles. The molecule has 0 saturated carbocycles. The summed E-state index contributed by atoms with van der Waals surface area (Å²) in [4.78, 5) is 13.9. The van der Waals surface area contributed by atoms with Crippen molar-refractivity contribution < 1.29 is 4.92 Å². The minimum atomic E-state index is -0.474. The quantitative estimate of drug-likeness (QED) is 0.537. The Kier molecular flexibility index (Phi) is 3.07. The van der Waals surface area contributed by atoms with Crippen molar-refractivity contribution >= 4 is 22.2 Å². The third-order valence-electron chi connectivity index (χ3n) is 1.23. The van der Waals surface area contributed by atoms with Crippen LogP contribution in [-0.4, -0.2) is 22.4 Å². The molecule has 5 nitrogen and oxygen atoms in total. The molecule has 0 unspecified atom stereocenters. The number of rotatable bonds is 2. The number of aromatic nitrogens is 1. The zero-order valence-corrected chi connectivity index (χ0v) is 8.11. The Morgan fingerprint density at radius 3 is 2.85 bits per heavy atom. The molecule has 0 fully saturated rings. The predicted octanol–water partition coefficient (Wildman–Crippen LogP) is 1.68. The van der Waals surface area contributed by atoms with Gasteiger partial charge in [-0.25, -0.2) is 9.35 Å². The second-order valence-electron chi connectivity index (χ2n) is 2.47. The Morgan fingerprint density at radius 1 is 1.62 bits per heavy atom. The predicted molar refractivity (Wildman–Crippen MR) is 52.2 cm³/mol. The molecule has 1 aromatic rings. The first-order chi connectivity index (χ1) is 6.11. The highest BCUT2D eigenvalue weighted by Crippen LogP contribution is 2.23. The Hall–Kier alpha value is -1.30. The number of hydrogen-bond donors (Lipinski definition) is 0. The second-order valence-corrected chi connectivity index (χ2v) is 4.20. The van der Waals surface area contributed by atoms with Gasteiger partial charge >= 0.3 is 5.69 Å². The van der Waals surface area contributed by atoms with Gasteiger partial charge in [-0.2, -0.15) is 0 Å². The largest absolute Gasteiger partial charge is 0.314 e. The van der Waals surface area contributed by atoms with Crippen LogP contribution in [0.15, 0.2) is 22.7 Å². The van der Waals surface area contributed by atoms with Crippen molar-refractivity contribution in [3.63, 3.8) is 0 Å². The summed E-state index contributed by atoms with van der Waals surface area (Å²) in [6.45, 7) is 0. The van der Waals surface area contributed by atoms with Crippen molar-refractivity contribution in [2.24, 2.45) is 4.36 Å². The molecule has 0 atom stereocenters. The van der Waals surface area contributed by atoms with Crippen molar-refractivity contribution in [1.82, 2.24) is 4.98 Å². The average Bonchev–Trinajstić information content (AvgIpc) is 2.03. The minimum Gasteiger partial charge on any atom is -0.258 e. The van der Waals surface area contributed by atoms with Crippen LogP contribution in [0.2, 0.25) is 0 Å². The number of hydrogen-bond acceptors (Lipinski definition) is 4. The van der Waals surface area contributed by atoms with Gasteiger partial charge < -0.3 is 0 Å². The molecule has 0 saturated heterocycles. The molecule has 0 spiro atoms. The summed E-state index contributed by atoms with van der Waals surface area (Å²) >= 11 is 0. The molecule has 0 radical (unpaired) electrons. The highest BCUT2D eigenvalue weighted by atomic mass is 32.2. The van der Waals surface area contributed by atoms with E-state index in [2.05, 4.69) is 9.35 Å². The Morgan fingerprint density at radius 2 is 2.31 bits per heavy atom. The highest BCUT2D eigenvalue weighted by molar-refractivity contribution is 7.85. The van der Waals surface area contributed by atoms with E-state index in [1.807, 2.05) is 12.5 Å². The van der Waals surface area contributed by atoms with E-state index in [0.717, 1.165) is 0 Å². The van der Waals surface area contributed by atoms with E-state index in [4.69, 9.17) is 0 Å². The van der Waals surface area contributed by atoms with Crippen LogP contribution >= 0.6 is 0 Å². The first-order valence-corrected chi connectivity index (χ1v) is 5.50. The summed E-state index contributed by atoms with van der Waals surface area (Å²) < 4.78 is 4.06. The van der Waals surface area contributed by atoms with Gasteiger partial charge in [0, 0.05) is 12.3 Å². The van der Waals surface area contributed by atoms with E-state index in [1.54, 1.807) is 0 Å². The monoisotopic (exact) mass is 199 g/mol. The van der Waals surface area contributed by atoms with E-state index in [-0.39, 0.29) is 22.2 Å². The lowest BCUT2D eigenvalue weighted by Gasteiger charge is -1.95. The summed E-state index contributed by atoms with van der Waals surface area (Å²) in [5.41, 5.74) is -0.0382. The van der Waals surface area contributed by atoms with Crippen LogP contribution in [0.5, 0.6) is 0 Å². The molecule has 70 valence electrons. The van der Waals surface area contributed by atoms with Crippen LogP contribution < -0.4 is 0 Å². The zero-order chi connectivity index (χ0) is 9.84. The molecule has 13 heavy (non-hydrogen) atoms. The fourth-order valence-corrected chi connectivity index (χ4v) is 1.26. The number of nitrogens with zero attached hydrogens (tertiary/aromatic N) is 3. The van der Waals surface area contributed by atoms with Crippen molar-refractivity contribution in [3.8, 4) is 0 Å². The molecule has 0 aliphatic heterocycles. The van der Waals surface area contributed by atoms with E-state index < -0.39 is 4.92 Å². The first kappa shape index (κ1) is 9.79. The molecular formula is C7H9N3O2S. The Balaban J connectivity index is 3.20. The van der Waals surface area contributed by atoms with Gasteiger partial charge in [-0.1, -0.05) is 10.7 Å². The first-order valence-electron chi connectivity index (χ1n) is 3.50. The summed E-state index contributed by atoms with van der Waals surface area (Å²) in [6.07, 6.45) is 5.25. The van der Waals surface area contributed by atoms with Gasteiger partial charge in [-0.15, -0.1) is 0 Å². The van der Waals surface area contributed by atoms with Crippen molar-refractivity contribution in [2.45, 2.75) is 0 Å². The topological polar surface area (TPSA) is 68.4 Å². The summed E-state index contributed by atoms with van der Waals surface area (Å²) in [5, 5.41) is 10.5. The van der Waals surface area contributed by atoms with E-state index in [1.165, 1.54) is 18.3 Å². The number of nitro groups is 1. The average molecular weight is 199 g/mol. The van der Waals surface area contributed by atoms with Crippen LogP contribution in [0.3, 0.4) is 0 Å². The molecule has 6 heteroatoms. The third-order valence-corrected chi connectivity index (χ3v) is 1.77. The Bertz CT molecular complexity index is 361. The standard InChI is InChI=1S/C7H9N3O2S/c1-13(2)9-7-6(10(11)12)4-3-5-8-7/h3-5H,1-2H3. The normalized spacial score (nSPS) is 10.1. The van der Waals surface area contributed by atoms with E-state index >= 15 is 0 Å². The third kappa shape index (κ3) is 2.59. The van der Waals surface area contributed by atoms with Crippen molar-refractivity contribution in [2.75, 3.05) is 12.5 Å². The van der Waals surface area contributed by atoms with Gasteiger partial charge in [0.25, 0.3) is 0 Å². The van der Waals surface area contributed by atoms with Crippen LogP contribution in [0.4, 0.5) is 11.5 Å². The van der Waals surface area contributed by atoms with Gasteiger partial charge in [-0.05, 0) is 18.6 Å². The van der Waals surface area contributed by atoms with Gasteiger partial charge in [-0.3, -0.25) is 10.1 Å². The smallest absolute Gasteiger partial charge is 0.258 e. The van der Waals surface area contributed by atoms with Crippen LogP contribution in [0.1, 0.15) is 0 Å². The summed E-state index contributed by atoms with van der Waals surface area (Å²) in [5.74, 6) is 0.209. The van der Waals surface area contributed by atoms with Crippen molar-refractivity contribution in [1.29, 1.82) is 0 Å². The van der Waals surface area contributed by atoms with Crippen LogP contribution in [0.25, 0.3) is 0 Å². The maximum absolute atomic E-state index is 10.5. The number of pyridine rings is 1. The zero-order valence-electron chi connectivity index (χ0n) is 7.30. The molecule has 0 amide bonds. The van der Waals surface area contributed by atoms with Crippen molar-refractivity contribution in [3.05, 3.63) is 28.4 Å². The minimum absolute atomic E-state index is 0.0382. The Labute approximate surface area is 78.1 Å². The van der Waals surface area contributed by atoms with Crippen LogP contribution in [0, 0.1) is 10.1 Å². The fourth-order valence-electron chi connectivity index (χ4n) is 0.774. The highest BCUT2D eigenvalue weighted by Gasteiger charge is 2.12. The fraction of sp³-hybridized carbons (Fsp3) is 0.286. The lowest BCUT2D eigenvalue weighted by atomic mass is 10.4.